The van der Waals surface area contributed by atoms with E-state index in [0.717, 1.165) is 37.4 Å². The lowest BCUT2D eigenvalue weighted by Crippen LogP contribution is -2.34. The van der Waals surface area contributed by atoms with Gasteiger partial charge < -0.3 is 28.0 Å². The second-order valence-corrected chi connectivity index (χ2v) is 18.4. The van der Waals surface area contributed by atoms with Gasteiger partial charge in [0.05, 0.1) is 43.7 Å². The molecule has 0 fully saturated rings. The molecule has 376 valence electrons. The van der Waals surface area contributed by atoms with Gasteiger partial charge in [0.2, 0.25) is 5.69 Å². The van der Waals surface area contributed by atoms with Crippen LogP contribution in [-0.2, 0) is 30.3 Å². The first kappa shape index (κ1) is 54.6. The number of benzene rings is 3. The number of methoxy groups -OCH3 is 1. The Bertz CT molecular complexity index is 2580. The number of ether oxygens (including phenoxy) is 4. The van der Waals surface area contributed by atoms with Crippen molar-refractivity contribution in [1.82, 2.24) is 19.5 Å². The molecular weight excluding hydrogens is 933 g/mol. The second kappa shape index (κ2) is 28.4. The van der Waals surface area contributed by atoms with Gasteiger partial charge in [-0.05, 0) is 94.1 Å². The fourth-order valence-electron chi connectivity index (χ4n) is 7.83. The minimum atomic E-state index is -2.15. The van der Waals surface area contributed by atoms with Gasteiger partial charge in [0.25, 0.3) is 5.91 Å². The Kier molecular flexibility index (Phi) is 22.1. The molecule has 0 bridgehead atoms. The normalized spacial score (nSPS) is 11.9. The quantitative estimate of drug-likeness (QED) is 0.0192. The molecule has 0 aliphatic heterocycles. The maximum atomic E-state index is 13.9. The summed E-state index contributed by atoms with van der Waals surface area (Å²) in [5, 5.41) is 3.39. The number of nitrogens with one attached hydrogen (secondary N) is 2. The average Bonchev–Trinajstić information content (AvgIpc) is 3.92. The summed E-state index contributed by atoms with van der Waals surface area (Å²) >= 11 is -1.11. The lowest BCUT2D eigenvalue weighted by Gasteiger charge is -2.18. The first-order chi connectivity index (χ1) is 34.0. The molecule has 2 aromatic heterocycles. The topological polar surface area (TPSA) is 184 Å². The predicted molar refractivity (Wildman–Crippen MR) is 272 cm³/mol. The average molecular weight is 999 g/mol. The molecule has 2 N–H and O–H groups in total. The van der Waals surface area contributed by atoms with Crippen LogP contribution < -0.4 is 13.6 Å². The van der Waals surface area contributed by atoms with Crippen molar-refractivity contribution in [2.75, 3.05) is 44.7 Å². The van der Waals surface area contributed by atoms with Gasteiger partial charge in [0.15, 0.2) is 18.1 Å². The van der Waals surface area contributed by atoms with E-state index in [0.29, 0.717) is 47.4 Å². The summed E-state index contributed by atoms with van der Waals surface area (Å²) < 4.78 is 45.6. The number of esters is 3. The standard InChI is InChI=1S/C52H66N6O10S2/c1-8-13-15-17-18-20-24-36(23-19-16-14-9-2)34-66-50(60)37-27-30-39(31-28-37)68-70(63)56-41-33-38(29-32-42(41)64-7)47-54-48-45(52(62)67-35-44(59)57(10-3)11-4)46(53-6)49(58(48)55-47)69-43-26-22-21-25-40(43)51(61)65-12-5/h21-22,25-33,36,56H,8-20,23-24,34-35H2,1-5,7H3,(H,54,55). The summed E-state index contributed by atoms with van der Waals surface area (Å²) in [4.78, 5) is 63.2. The van der Waals surface area contributed by atoms with E-state index in [1.807, 2.05) is 13.8 Å². The van der Waals surface area contributed by atoms with Crippen molar-refractivity contribution in [3.63, 3.8) is 0 Å². The van der Waals surface area contributed by atoms with Crippen molar-refractivity contribution in [3.8, 4) is 22.9 Å². The number of fused-ring (bicyclic) bond motifs is 1. The van der Waals surface area contributed by atoms with Crippen molar-refractivity contribution >= 4 is 63.9 Å². The van der Waals surface area contributed by atoms with Gasteiger partial charge >= 0.3 is 29.2 Å². The number of unbranched alkanes of at least 4 members (excludes halogenated alkanes) is 8. The van der Waals surface area contributed by atoms with E-state index in [2.05, 4.69) is 28.5 Å². The molecule has 2 atom stereocenters. The highest BCUT2D eigenvalue weighted by Gasteiger charge is 2.31. The zero-order valence-electron chi connectivity index (χ0n) is 41.1. The van der Waals surface area contributed by atoms with Crippen LogP contribution in [0.25, 0.3) is 21.9 Å². The molecule has 2 heterocycles. The van der Waals surface area contributed by atoms with Gasteiger partial charge in [0, 0.05) is 23.5 Å². The highest BCUT2D eigenvalue weighted by atomic mass is 32.2. The summed E-state index contributed by atoms with van der Waals surface area (Å²) in [6.45, 7) is 18.7. The van der Waals surface area contributed by atoms with Crippen LogP contribution in [0.2, 0.25) is 0 Å². The van der Waals surface area contributed by atoms with Gasteiger partial charge in [-0.2, -0.15) is 4.21 Å². The first-order valence-corrected chi connectivity index (χ1v) is 26.1. The van der Waals surface area contributed by atoms with E-state index in [-0.39, 0.29) is 51.4 Å². The molecule has 0 aliphatic carbocycles. The van der Waals surface area contributed by atoms with Crippen LogP contribution in [-0.4, -0.2) is 87.5 Å². The number of carbonyl (C=O) groups is 4. The molecule has 5 aromatic rings. The van der Waals surface area contributed by atoms with Crippen LogP contribution in [0.3, 0.4) is 0 Å². The fourth-order valence-corrected chi connectivity index (χ4v) is 9.58. The molecule has 5 rings (SSSR count). The van der Waals surface area contributed by atoms with Gasteiger partial charge in [-0.1, -0.05) is 102 Å². The lowest BCUT2D eigenvalue weighted by molar-refractivity contribution is -0.134. The lowest BCUT2D eigenvalue weighted by atomic mass is 9.95. The molecule has 3 aromatic carbocycles. The molecule has 70 heavy (non-hydrogen) atoms. The van der Waals surface area contributed by atoms with Crippen LogP contribution >= 0.6 is 11.8 Å². The number of amides is 1. The number of aromatic amines is 1. The highest BCUT2D eigenvalue weighted by molar-refractivity contribution is 7.99. The van der Waals surface area contributed by atoms with E-state index >= 15 is 0 Å². The Labute approximate surface area is 418 Å². The third-order valence-corrected chi connectivity index (χ3v) is 13.5. The number of aromatic nitrogens is 3. The summed E-state index contributed by atoms with van der Waals surface area (Å²) in [5.74, 6) is -1.22. The zero-order chi connectivity index (χ0) is 50.4. The number of carbonyl (C=O) groups excluding carboxylic acids is 4. The summed E-state index contributed by atoms with van der Waals surface area (Å²) in [6, 6.07) is 17.9. The van der Waals surface area contributed by atoms with Crippen molar-refractivity contribution in [3.05, 3.63) is 94.8 Å². The van der Waals surface area contributed by atoms with E-state index < -0.39 is 41.7 Å². The molecular formula is C52H66N6O10S2. The van der Waals surface area contributed by atoms with Gasteiger partial charge in [-0.25, -0.2) is 28.7 Å². The predicted octanol–water partition coefficient (Wildman–Crippen LogP) is 11.8. The maximum absolute atomic E-state index is 13.9. The van der Waals surface area contributed by atoms with Crippen LogP contribution in [0.1, 0.15) is 143 Å². The largest absolute Gasteiger partial charge is 0.495 e. The zero-order valence-corrected chi connectivity index (χ0v) is 42.8. The Balaban J connectivity index is 1.35. The molecule has 0 saturated heterocycles. The minimum absolute atomic E-state index is 0.0253. The highest BCUT2D eigenvalue weighted by Crippen LogP contribution is 2.43. The smallest absolute Gasteiger partial charge is 0.339 e. The minimum Gasteiger partial charge on any atom is -0.495 e. The third kappa shape index (κ3) is 15.1. The van der Waals surface area contributed by atoms with Gasteiger partial charge in [-0.3, -0.25) is 14.6 Å². The SMILES string of the molecule is [C-]#[N+]c1c(C(=O)OCC(=O)N(CC)CC)c2nc(-c3ccc(OC)c(NS(=O)Oc4ccc(C(=O)OCC(CCCCCC)CCCCCCCC)cc4)c3)[nH]n2c1Sc1ccccc1C(=O)OCC. The Hall–Kier alpha value is -6.32. The number of hydrogen-bond acceptors (Lipinski definition) is 12. The third-order valence-electron chi connectivity index (χ3n) is 11.7. The Morgan fingerprint density at radius 3 is 2.16 bits per heavy atom. The second-order valence-electron chi connectivity index (χ2n) is 16.6. The van der Waals surface area contributed by atoms with Crippen LogP contribution in [0.15, 0.2) is 76.7 Å². The summed E-state index contributed by atoms with van der Waals surface area (Å²) in [7, 11) is 1.45. The van der Waals surface area contributed by atoms with Gasteiger partial charge in [0.1, 0.15) is 22.1 Å². The molecule has 1 amide bonds. The van der Waals surface area contributed by atoms with E-state index in [9.17, 15) is 23.4 Å². The molecule has 0 radical (unpaired) electrons. The number of nitrogens with zero attached hydrogens (tertiary/aromatic N) is 4. The van der Waals surface area contributed by atoms with Crippen molar-refractivity contribution < 1.29 is 46.5 Å². The Morgan fingerprint density at radius 2 is 1.50 bits per heavy atom. The van der Waals surface area contributed by atoms with Crippen molar-refractivity contribution in [1.29, 1.82) is 0 Å². The fraction of sp³-hybridized carbons (Fsp3) is 0.462. The molecule has 18 heteroatoms. The number of hydrogen-bond donors (Lipinski definition) is 2. The maximum Gasteiger partial charge on any atom is 0.339 e. The molecule has 16 nitrogen and oxygen atoms in total. The Morgan fingerprint density at radius 1 is 0.829 bits per heavy atom. The van der Waals surface area contributed by atoms with Crippen molar-refractivity contribution in [2.45, 2.75) is 122 Å². The number of likely N-dealkylation sites (N-methyl/N-ethyl adjacent to an activating group) is 1. The molecule has 0 saturated carbocycles. The van der Waals surface area contributed by atoms with Crippen LogP contribution in [0, 0.1) is 12.5 Å². The molecule has 2 unspecified atom stereocenters. The monoisotopic (exact) mass is 998 g/mol. The molecule has 0 spiro atoms. The summed E-state index contributed by atoms with van der Waals surface area (Å²) in [6.07, 6.45) is 14.1. The van der Waals surface area contributed by atoms with E-state index in [4.69, 9.17) is 34.7 Å². The molecule has 0 aliphatic rings. The number of anilines is 1. The first-order valence-electron chi connectivity index (χ1n) is 24.2. The van der Waals surface area contributed by atoms with Crippen LogP contribution in [0.5, 0.6) is 11.5 Å². The number of rotatable bonds is 30. The van der Waals surface area contributed by atoms with Crippen LogP contribution in [0.4, 0.5) is 11.4 Å². The van der Waals surface area contributed by atoms with E-state index in [1.165, 1.54) is 67.9 Å². The van der Waals surface area contributed by atoms with Crippen molar-refractivity contribution in [2.24, 2.45) is 5.92 Å². The summed E-state index contributed by atoms with van der Waals surface area (Å²) in [5.41, 5.74) is 1.05. The number of H-pyrrole nitrogens is 1. The van der Waals surface area contributed by atoms with Gasteiger partial charge in [-0.15, -0.1) is 0 Å². The van der Waals surface area contributed by atoms with E-state index in [1.54, 1.807) is 73.7 Å².